The molecular formula is C14H20BrNO3. The highest BCUT2D eigenvalue weighted by molar-refractivity contribution is 9.09. The molecule has 0 aromatic heterocycles. The number of benzene rings is 1. The molecule has 1 amide bonds. The Labute approximate surface area is 122 Å². The van der Waals surface area contributed by atoms with Gasteiger partial charge in [-0.25, -0.2) is 0 Å². The highest BCUT2D eigenvalue weighted by Gasteiger charge is 2.21. The Kier molecular flexibility index (Phi) is 6.15. The van der Waals surface area contributed by atoms with Gasteiger partial charge in [0.2, 0.25) is 0 Å². The van der Waals surface area contributed by atoms with E-state index in [0.29, 0.717) is 17.9 Å². The van der Waals surface area contributed by atoms with Crippen LogP contribution in [0, 0.1) is 0 Å². The van der Waals surface area contributed by atoms with Gasteiger partial charge in [-0.15, -0.1) is 0 Å². The average molecular weight is 330 g/mol. The van der Waals surface area contributed by atoms with Gasteiger partial charge in [0, 0.05) is 24.0 Å². The summed E-state index contributed by atoms with van der Waals surface area (Å²) in [6.45, 7) is 4.59. The van der Waals surface area contributed by atoms with Crippen LogP contribution in [0.2, 0.25) is 0 Å². The van der Waals surface area contributed by atoms with Crippen molar-refractivity contribution in [3.05, 3.63) is 23.8 Å². The number of nitrogens with zero attached hydrogens (tertiary/aromatic N) is 1. The van der Waals surface area contributed by atoms with Crippen molar-refractivity contribution in [1.82, 2.24) is 4.90 Å². The van der Waals surface area contributed by atoms with Gasteiger partial charge in [0.15, 0.2) is 0 Å². The number of ether oxygens (including phenoxy) is 1. The van der Waals surface area contributed by atoms with Gasteiger partial charge in [-0.2, -0.15) is 0 Å². The van der Waals surface area contributed by atoms with Gasteiger partial charge in [-0.1, -0.05) is 15.9 Å². The standard InChI is InChI=1S/C14H20BrNO3/c1-10(2)16(8-4-7-15)14(18)12-6-5-11(19-3)9-13(12)17/h5-6,9-10,17H,4,7-8H2,1-3H3. The van der Waals surface area contributed by atoms with Gasteiger partial charge in [0.25, 0.3) is 5.91 Å². The van der Waals surface area contributed by atoms with E-state index < -0.39 is 0 Å². The van der Waals surface area contributed by atoms with E-state index in [9.17, 15) is 9.90 Å². The van der Waals surface area contributed by atoms with Crippen LogP contribution in [0.15, 0.2) is 18.2 Å². The lowest BCUT2D eigenvalue weighted by Gasteiger charge is -2.27. The Morgan fingerprint density at radius 2 is 2.16 bits per heavy atom. The zero-order chi connectivity index (χ0) is 14.4. The van der Waals surface area contributed by atoms with Crippen molar-refractivity contribution in [2.24, 2.45) is 0 Å². The fourth-order valence-electron chi connectivity index (χ4n) is 1.80. The summed E-state index contributed by atoms with van der Waals surface area (Å²) in [4.78, 5) is 14.2. The maximum Gasteiger partial charge on any atom is 0.257 e. The summed E-state index contributed by atoms with van der Waals surface area (Å²) in [5.74, 6) is 0.329. The second-order valence-electron chi connectivity index (χ2n) is 4.52. The van der Waals surface area contributed by atoms with Crippen LogP contribution in [0.5, 0.6) is 11.5 Å². The summed E-state index contributed by atoms with van der Waals surface area (Å²) in [6.07, 6.45) is 0.876. The SMILES string of the molecule is COc1ccc(C(=O)N(CCCBr)C(C)C)c(O)c1. The third kappa shape index (κ3) is 4.13. The van der Waals surface area contributed by atoms with Crippen molar-refractivity contribution in [2.45, 2.75) is 26.3 Å². The molecule has 5 heteroatoms. The number of phenols is 1. The lowest BCUT2D eigenvalue weighted by Crippen LogP contribution is -2.37. The average Bonchev–Trinajstić information content (AvgIpc) is 2.38. The summed E-state index contributed by atoms with van der Waals surface area (Å²) < 4.78 is 5.01. The maximum atomic E-state index is 12.4. The Morgan fingerprint density at radius 3 is 2.63 bits per heavy atom. The Balaban J connectivity index is 2.96. The number of carbonyl (C=O) groups excluding carboxylic acids is 1. The van der Waals surface area contributed by atoms with Crippen molar-refractivity contribution in [3.8, 4) is 11.5 Å². The van der Waals surface area contributed by atoms with E-state index >= 15 is 0 Å². The number of hydrogen-bond donors (Lipinski definition) is 1. The first-order valence-corrected chi connectivity index (χ1v) is 7.37. The van der Waals surface area contributed by atoms with Crippen LogP contribution in [-0.2, 0) is 0 Å². The Bertz CT molecular complexity index is 435. The lowest BCUT2D eigenvalue weighted by atomic mass is 10.1. The molecule has 0 atom stereocenters. The van der Waals surface area contributed by atoms with E-state index in [0.717, 1.165) is 11.8 Å². The first kappa shape index (κ1) is 15.8. The minimum atomic E-state index is -0.156. The number of alkyl halides is 1. The van der Waals surface area contributed by atoms with Crippen LogP contribution in [0.3, 0.4) is 0 Å². The van der Waals surface area contributed by atoms with Crippen LogP contribution in [0.25, 0.3) is 0 Å². The Morgan fingerprint density at radius 1 is 1.47 bits per heavy atom. The number of methoxy groups -OCH3 is 1. The zero-order valence-electron chi connectivity index (χ0n) is 11.5. The van der Waals surface area contributed by atoms with E-state index in [2.05, 4.69) is 15.9 Å². The van der Waals surface area contributed by atoms with E-state index in [1.807, 2.05) is 13.8 Å². The van der Waals surface area contributed by atoms with Crippen molar-refractivity contribution in [3.63, 3.8) is 0 Å². The van der Waals surface area contributed by atoms with Crippen LogP contribution >= 0.6 is 15.9 Å². The molecule has 0 heterocycles. The first-order chi connectivity index (χ1) is 9.01. The molecule has 0 radical (unpaired) electrons. The van der Waals surface area contributed by atoms with Gasteiger partial charge in [0.05, 0.1) is 12.7 Å². The minimum Gasteiger partial charge on any atom is -0.507 e. The fourth-order valence-corrected chi connectivity index (χ4v) is 2.05. The third-order valence-electron chi connectivity index (χ3n) is 2.85. The van der Waals surface area contributed by atoms with Crippen LogP contribution in [0.4, 0.5) is 0 Å². The molecule has 0 saturated heterocycles. The highest BCUT2D eigenvalue weighted by Crippen LogP contribution is 2.25. The summed E-state index contributed by atoms with van der Waals surface area (Å²) in [6, 6.07) is 4.82. The molecule has 4 nitrogen and oxygen atoms in total. The minimum absolute atomic E-state index is 0.0474. The van der Waals surface area contributed by atoms with Gasteiger partial charge in [-0.3, -0.25) is 4.79 Å². The number of aromatic hydroxyl groups is 1. The topological polar surface area (TPSA) is 49.8 Å². The second kappa shape index (κ2) is 7.38. The molecule has 0 unspecified atom stereocenters. The van der Waals surface area contributed by atoms with Crippen LogP contribution in [0.1, 0.15) is 30.6 Å². The van der Waals surface area contributed by atoms with Crippen molar-refractivity contribution >= 4 is 21.8 Å². The molecule has 0 fully saturated rings. The molecule has 1 N–H and O–H groups in total. The molecule has 0 bridgehead atoms. The largest absolute Gasteiger partial charge is 0.507 e. The predicted octanol–water partition coefficient (Wildman–Crippen LogP) is 3.04. The highest BCUT2D eigenvalue weighted by atomic mass is 79.9. The van der Waals surface area contributed by atoms with Crippen LogP contribution in [-0.4, -0.2) is 40.9 Å². The van der Waals surface area contributed by atoms with E-state index in [4.69, 9.17) is 4.74 Å². The summed E-state index contributed by atoms with van der Waals surface area (Å²) in [5.41, 5.74) is 0.309. The number of carbonyl (C=O) groups is 1. The van der Waals surface area contributed by atoms with E-state index in [1.165, 1.54) is 13.2 Å². The number of hydrogen-bond acceptors (Lipinski definition) is 3. The molecular weight excluding hydrogens is 310 g/mol. The van der Waals surface area contributed by atoms with E-state index in [1.54, 1.807) is 17.0 Å². The maximum absolute atomic E-state index is 12.4. The zero-order valence-corrected chi connectivity index (χ0v) is 13.1. The molecule has 1 aromatic rings. The molecule has 0 aliphatic carbocycles. The molecule has 19 heavy (non-hydrogen) atoms. The molecule has 106 valence electrons. The third-order valence-corrected chi connectivity index (χ3v) is 3.41. The molecule has 1 rings (SSSR count). The molecule has 0 aliphatic heterocycles. The normalized spacial score (nSPS) is 10.6. The number of amides is 1. The summed E-state index contributed by atoms with van der Waals surface area (Å²) >= 11 is 3.36. The van der Waals surface area contributed by atoms with Gasteiger partial charge >= 0.3 is 0 Å². The summed E-state index contributed by atoms with van der Waals surface area (Å²) in [7, 11) is 1.52. The summed E-state index contributed by atoms with van der Waals surface area (Å²) in [5, 5.41) is 10.8. The molecule has 0 spiro atoms. The molecule has 0 aliphatic rings. The molecule has 1 aromatic carbocycles. The van der Waals surface area contributed by atoms with E-state index in [-0.39, 0.29) is 17.7 Å². The Hall–Kier alpha value is -1.23. The predicted molar refractivity (Wildman–Crippen MR) is 79.2 cm³/mol. The number of rotatable bonds is 6. The van der Waals surface area contributed by atoms with Gasteiger partial charge < -0.3 is 14.7 Å². The van der Waals surface area contributed by atoms with Crippen molar-refractivity contribution < 1.29 is 14.6 Å². The fraction of sp³-hybridized carbons (Fsp3) is 0.500. The monoisotopic (exact) mass is 329 g/mol. The second-order valence-corrected chi connectivity index (χ2v) is 5.31. The van der Waals surface area contributed by atoms with Gasteiger partial charge in [-0.05, 0) is 32.4 Å². The smallest absolute Gasteiger partial charge is 0.257 e. The quantitative estimate of drug-likeness (QED) is 0.816. The van der Waals surface area contributed by atoms with Crippen molar-refractivity contribution in [1.29, 1.82) is 0 Å². The van der Waals surface area contributed by atoms with Gasteiger partial charge in [0.1, 0.15) is 11.5 Å². The number of halogens is 1. The first-order valence-electron chi connectivity index (χ1n) is 6.25. The lowest BCUT2D eigenvalue weighted by molar-refractivity contribution is 0.0703. The van der Waals surface area contributed by atoms with Crippen molar-refractivity contribution in [2.75, 3.05) is 19.0 Å². The molecule has 0 saturated carbocycles. The number of phenolic OH excluding ortho intramolecular Hbond substituents is 1. The van der Waals surface area contributed by atoms with Crippen LogP contribution < -0.4 is 4.74 Å².